The van der Waals surface area contributed by atoms with Gasteiger partial charge in [-0.05, 0) is 91.8 Å². The van der Waals surface area contributed by atoms with Crippen LogP contribution in [0.1, 0.15) is 57.6 Å². The van der Waals surface area contributed by atoms with Gasteiger partial charge in [-0.2, -0.15) is 0 Å². The van der Waals surface area contributed by atoms with Crippen LogP contribution in [0.2, 0.25) is 0 Å². The number of hydrogen-bond donors (Lipinski definition) is 1. The summed E-state index contributed by atoms with van der Waals surface area (Å²) >= 11 is 2.04. The molecular weight excluding hydrogens is 398 g/mol. The lowest BCUT2D eigenvalue weighted by molar-refractivity contribution is 0.0444. The number of thioether (sulfide) groups is 1. The summed E-state index contributed by atoms with van der Waals surface area (Å²) < 4.78 is 5.68. The minimum Gasteiger partial charge on any atom is -0.497 e. The smallest absolute Gasteiger partial charge is 0.119 e. The van der Waals surface area contributed by atoms with Crippen molar-refractivity contribution in [2.24, 2.45) is 11.3 Å². The molecule has 0 aliphatic heterocycles. The average Bonchev–Trinajstić information content (AvgIpc) is 2.96. The van der Waals surface area contributed by atoms with E-state index in [0.29, 0.717) is 12.0 Å². The number of aryl methyl sites for hydroxylation is 1. The third-order valence-corrected chi connectivity index (χ3v) is 9.87. The van der Waals surface area contributed by atoms with E-state index in [0.717, 1.165) is 18.7 Å². The molecule has 2 aromatic carbocycles. The zero-order valence-corrected chi connectivity index (χ0v) is 20.1. The van der Waals surface area contributed by atoms with Crippen molar-refractivity contribution < 1.29 is 4.74 Å². The number of rotatable bonds is 6. The first-order valence-electron chi connectivity index (χ1n) is 11.9. The number of nitrogens with one attached hydrogen (secondary N) is 1. The molecule has 31 heavy (non-hydrogen) atoms. The average molecular weight is 434 g/mol. The highest BCUT2D eigenvalue weighted by molar-refractivity contribution is 8.03. The predicted octanol–water partition coefficient (Wildman–Crippen LogP) is 6.74. The summed E-state index contributed by atoms with van der Waals surface area (Å²) in [5.74, 6) is 1.64. The van der Waals surface area contributed by atoms with Crippen molar-refractivity contribution in [3.8, 4) is 5.75 Å². The molecule has 0 unspecified atom stereocenters. The fraction of sp³-hybridized carbons (Fsp3) is 0.500. The molecule has 1 fully saturated rings. The van der Waals surface area contributed by atoms with Crippen molar-refractivity contribution in [2.45, 2.75) is 69.2 Å². The Morgan fingerprint density at radius 2 is 1.94 bits per heavy atom. The second-order valence-corrected chi connectivity index (χ2v) is 10.9. The molecule has 3 aliphatic carbocycles. The third-order valence-electron chi connectivity index (χ3n) is 8.47. The summed E-state index contributed by atoms with van der Waals surface area (Å²) in [6.07, 6.45) is 6.07. The predicted molar refractivity (Wildman–Crippen MR) is 131 cm³/mol. The van der Waals surface area contributed by atoms with Crippen LogP contribution in [-0.2, 0) is 11.8 Å². The molecule has 2 bridgehead atoms. The molecule has 4 atom stereocenters. The van der Waals surface area contributed by atoms with E-state index in [2.05, 4.69) is 74.6 Å². The van der Waals surface area contributed by atoms with Gasteiger partial charge in [0.05, 0.1) is 7.11 Å². The molecule has 1 saturated carbocycles. The fourth-order valence-corrected chi connectivity index (χ4v) is 8.44. The number of benzene rings is 2. The van der Waals surface area contributed by atoms with Crippen LogP contribution in [0.5, 0.6) is 5.75 Å². The second kappa shape index (κ2) is 8.01. The largest absolute Gasteiger partial charge is 0.497 e. The molecule has 164 valence electrons. The Kier molecular flexibility index (Phi) is 5.46. The van der Waals surface area contributed by atoms with Gasteiger partial charge in [0.15, 0.2) is 0 Å². The van der Waals surface area contributed by atoms with Crippen LogP contribution in [0.25, 0.3) is 0 Å². The molecule has 0 radical (unpaired) electrons. The van der Waals surface area contributed by atoms with Crippen molar-refractivity contribution in [1.82, 2.24) is 5.32 Å². The van der Waals surface area contributed by atoms with E-state index in [1.54, 1.807) is 17.6 Å². The summed E-state index contributed by atoms with van der Waals surface area (Å²) in [7, 11) is 1.79. The van der Waals surface area contributed by atoms with Crippen LogP contribution < -0.4 is 10.1 Å². The lowest BCUT2D eigenvalue weighted by Crippen LogP contribution is -2.61. The number of hydrogen-bond acceptors (Lipinski definition) is 3. The molecule has 0 amide bonds. The topological polar surface area (TPSA) is 21.3 Å². The van der Waals surface area contributed by atoms with Gasteiger partial charge in [-0.25, -0.2) is 0 Å². The van der Waals surface area contributed by atoms with Gasteiger partial charge < -0.3 is 10.1 Å². The molecule has 1 N–H and O–H groups in total. The van der Waals surface area contributed by atoms with E-state index in [1.165, 1.54) is 41.7 Å². The highest BCUT2D eigenvalue weighted by Crippen LogP contribution is 2.70. The Morgan fingerprint density at radius 3 is 2.68 bits per heavy atom. The van der Waals surface area contributed by atoms with Crippen molar-refractivity contribution >= 4 is 11.8 Å². The van der Waals surface area contributed by atoms with Gasteiger partial charge in [-0.1, -0.05) is 55.4 Å². The van der Waals surface area contributed by atoms with Crippen molar-refractivity contribution in [3.05, 3.63) is 70.1 Å². The minimum absolute atomic E-state index is 0.117. The summed E-state index contributed by atoms with van der Waals surface area (Å²) in [5, 5.41) is 4.07. The maximum Gasteiger partial charge on any atom is 0.119 e. The van der Waals surface area contributed by atoms with E-state index < -0.39 is 0 Å². The Morgan fingerprint density at radius 1 is 1.13 bits per heavy atom. The van der Waals surface area contributed by atoms with Crippen molar-refractivity contribution in [3.63, 3.8) is 0 Å². The lowest BCUT2D eigenvalue weighted by Gasteiger charge is -2.59. The maximum atomic E-state index is 5.68. The summed E-state index contributed by atoms with van der Waals surface area (Å²) in [6.45, 7) is 8.37. The van der Waals surface area contributed by atoms with Gasteiger partial charge >= 0.3 is 0 Å². The van der Waals surface area contributed by atoms with Crippen LogP contribution in [0, 0.1) is 11.3 Å². The summed E-state index contributed by atoms with van der Waals surface area (Å²) in [4.78, 5) is 3.01. The van der Waals surface area contributed by atoms with Crippen LogP contribution in [-0.4, -0.2) is 19.7 Å². The van der Waals surface area contributed by atoms with Gasteiger partial charge in [0.1, 0.15) is 5.75 Å². The maximum absolute atomic E-state index is 5.68. The molecule has 0 heterocycles. The SMILES string of the molecule is CCCN[C@@H]1[C@@H]2CC[C@@]3(C)c4cc(OC)ccc4CC[C@]13C(Sc1ccccc1)=C2C. The highest BCUT2D eigenvalue weighted by Gasteiger charge is 2.66. The van der Waals surface area contributed by atoms with E-state index in [1.807, 2.05) is 11.8 Å². The first-order valence-corrected chi connectivity index (χ1v) is 12.7. The Hall–Kier alpha value is -1.71. The van der Waals surface area contributed by atoms with Crippen LogP contribution >= 0.6 is 11.8 Å². The first-order chi connectivity index (χ1) is 15.0. The Bertz CT molecular complexity index is 999. The fourth-order valence-electron chi connectivity index (χ4n) is 6.96. The highest BCUT2D eigenvalue weighted by atomic mass is 32.2. The lowest BCUT2D eigenvalue weighted by atomic mass is 9.48. The Labute approximate surface area is 191 Å². The summed E-state index contributed by atoms with van der Waals surface area (Å²) in [5.41, 5.74) is 4.95. The number of ether oxygens (including phenoxy) is 1. The van der Waals surface area contributed by atoms with Gasteiger partial charge in [0.2, 0.25) is 0 Å². The molecule has 2 nitrogen and oxygen atoms in total. The van der Waals surface area contributed by atoms with Gasteiger partial charge in [-0.15, -0.1) is 0 Å². The molecule has 1 spiro atoms. The molecule has 3 aliphatic rings. The van der Waals surface area contributed by atoms with Crippen molar-refractivity contribution in [2.75, 3.05) is 13.7 Å². The zero-order chi connectivity index (χ0) is 21.6. The van der Waals surface area contributed by atoms with E-state index in [4.69, 9.17) is 4.74 Å². The normalized spacial score (nSPS) is 31.4. The Balaban J connectivity index is 1.68. The minimum atomic E-state index is 0.117. The molecule has 0 aromatic heterocycles. The van der Waals surface area contributed by atoms with Gasteiger partial charge in [-0.3, -0.25) is 0 Å². The standard InChI is InChI=1S/C28H35NOS/c1-5-17-29-25-23-14-15-27(3)24-18-21(30-4)12-11-20(24)13-16-28(25,27)26(19(23)2)31-22-9-7-6-8-10-22/h6-12,18,23,25,29H,5,13-17H2,1-4H3/t23-,25-,27+,28-/m1/s1. The number of methoxy groups -OCH3 is 1. The van der Waals surface area contributed by atoms with Crippen LogP contribution in [0.4, 0.5) is 0 Å². The number of fused-ring (bicyclic) bond motifs is 3. The van der Waals surface area contributed by atoms with Crippen LogP contribution in [0.15, 0.2) is 63.9 Å². The molecule has 2 aromatic rings. The van der Waals surface area contributed by atoms with E-state index in [-0.39, 0.29) is 10.8 Å². The molecule has 0 saturated heterocycles. The monoisotopic (exact) mass is 433 g/mol. The molecule has 3 heteroatoms. The first kappa shape index (κ1) is 21.2. The molecular formula is C28H35NOS. The van der Waals surface area contributed by atoms with E-state index in [9.17, 15) is 0 Å². The third kappa shape index (κ3) is 3.03. The van der Waals surface area contributed by atoms with Crippen LogP contribution in [0.3, 0.4) is 0 Å². The second-order valence-electron chi connectivity index (χ2n) is 9.83. The summed E-state index contributed by atoms with van der Waals surface area (Å²) in [6, 6.07) is 18.4. The van der Waals surface area contributed by atoms with Gasteiger partial charge in [0, 0.05) is 21.8 Å². The quantitative estimate of drug-likeness (QED) is 0.545. The zero-order valence-electron chi connectivity index (χ0n) is 19.3. The van der Waals surface area contributed by atoms with Gasteiger partial charge in [0.25, 0.3) is 0 Å². The van der Waals surface area contributed by atoms with E-state index >= 15 is 0 Å². The van der Waals surface area contributed by atoms with Crippen molar-refractivity contribution in [1.29, 1.82) is 0 Å². The molecule has 5 rings (SSSR count).